The number of aromatic amines is 1. The van der Waals surface area contributed by atoms with Gasteiger partial charge in [0.2, 0.25) is 0 Å². The van der Waals surface area contributed by atoms with E-state index in [-0.39, 0.29) is 12.2 Å². The number of fused-ring (bicyclic) bond motifs is 1. The van der Waals surface area contributed by atoms with Crippen molar-refractivity contribution in [1.29, 1.82) is 0 Å². The molecule has 0 bridgehead atoms. The number of rotatable bonds is 4. The summed E-state index contributed by atoms with van der Waals surface area (Å²) in [4.78, 5) is 24.9. The number of hydrogen-bond acceptors (Lipinski definition) is 2. The third-order valence-electron chi connectivity index (χ3n) is 2.38. The third kappa shape index (κ3) is 1.81. The molecule has 2 aromatic rings. The van der Waals surface area contributed by atoms with Crippen LogP contribution in [0.1, 0.15) is 23.2 Å². The van der Waals surface area contributed by atoms with Crippen molar-refractivity contribution in [2.45, 2.75) is 12.8 Å². The van der Waals surface area contributed by atoms with Gasteiger partial charge >= 0.3 is 0 Å². The summed E-state index contributed by atoms with van der Waals surface area (Å²) in [6.07, 6.45) is 3.05. The maximum atomic E-state index is 11.7. The highest BCUT2D eigenvalue weighted by Crippen LogP contribution is 2.19. The Morgan fingerprint density at radius 1 is 1.33 bits per heavy atom. The second kappa shape index (κ2) is 4.09. The van der Waals surface area contributed by atoms with Crippen molar-refractivity contribution in [2.24, 2.45) is 0 Å². The van der Waals surface area contributed by atoms with Gasteiger partial charge in [-0.15, -0.1) is 0 Å². The van der Waals surface area contributed by atoms with Crippen LogP contribution >= 0.6 is 0 Å². The molecule has 0 atom stereocenters. The van der Waals surface area contributed by atoms with Crippen molar-refractivity contribution in [1.82, 2.24) is 4.98 Å². The van der Waals surface area contributed by atoms with Crippen molar-refractivity contribution in [2.75, 3.05) is 0 Å². The van der Waals surface area contributed by atoms with Crippen LogP contribution in [-0.4, -0.2) is 17.1 Å². The van der Waals surface area contributed by atoms with Gasteiger partial charge in [-0.2, -0.15) is 0 Å². The summed E-state index contributed by atoms with van der Waals surface area (Å²) in [5.41, 5.74) is 1.62. The van der Waals surface area contributed by atoms with E-state index in [0.29, 0.717) is 12.0 Å². The summed E-state index contributed by atoms with van der Waals surface area (Å²) in [6, 6.07) is 7.64. The number of carbonyl (C=O) groups excluding carboxylic acids is 2. The van der Waals surface area contributed by atoms with Gasteiger partial charge in [0, 0.05) is 35.5 Å². The van der Waals surface area contributed by atoms with Crippen molar-refractivity contribution in [3.8, 4) is 0 Å². The Bertz CT molecular complexity index is 499. The average molecular weight is 201 g/mol. The van der Waals surface area contributed by atoms with Crippen LogP contribution in [0.2, 0.25) is 0 Å². The molecule has 15 heavy (non-hydrogen) atoms. The van der Waals surface area contributed by atoms with Crippen LogP contribution in [0, 0.1) is 0 Å². The van der Waals surface area contributed by atoms with Crippen LogP contribution < -0.4 is 0 Å². The fourth-order valence-electron chi connectivity index (χ4n) is 1.63. The Balaban J connectivity index is 2.35. The molecule has 0 spiro atoms. The Morgan fingerprint density at radius 3 is 2.93 bits per heavy atom. The van der Waals surface area contributed by atoms with E-state index in [9.17, 15) is 9.59 Å². The number of H-pyrrole nitrogens is 1. The highest BCUT2D eigenvalue weighted by molar-refractivity contribution is 6.08. The van der Waals surface area contributed by atoms with E-state index in [2.05, 4.69) is 4.98 Å². The monoisotopic (exact) mass is 201 g/mol. The molecule has 1 aromatic heterocycles. The number of nitrogens with one attached hydrogen (secondary N) is 1. The highest BCUT2D eigenvalue weighted by Gasteiger charge is 2.10. The van der Waals surface area contributed by atoms with Crippen LogP contribution in [0.15, 0.2) is 30.5 Å². The topological polar surface area (TPSA) is 49.9 Å². The maximum Gasteiger partial charge on any atom is 0.165 e. The number of carbonyl (C=O) groups is 2. The smallest absolute Gasteiger partial charge is 0.165 e. The van der Waals surface area contributed by atoms with E-state index in [0.717, 1.165) is 17.2 Å². The van der Waals surface area contributed by atoms with Crippen LogP contribution in [0.4, 0.5) is 0 Å². The fourth-order valence-corrected chi connectivity index (χ4v) is 1.63. The number of Topliss-reactive ketones (excluding diaryl/α,β-unsaturated/α-hetero) is 1. The molecule has 0 radical (unpaired) electrons. The van der Waals surface area contributed by atoms with E-state index >= 15 is 0 Å². The predicted molar refractivity (Wildman–Crippen MR) is 57.9 cm³/mol. The zero-order valence-corrected chi connectivity index (χ0v) is 8.19. The maximum absolute atomic E-state index is 11.7. The molecule has 0 aliphatic carbocycles. The van der Waals surface area contributed by atoms with E-state index in [1.54, 1.807) is 6.20 Å². The van der Waals surface area contributed by atoms with Crippen LogP contribution in [-0.2, 0) is 4.79 Å². The molecule has 3 heteroatoms. The molecule has 0 aliphatic rings. The molecule has 76 valence electrons. The fraction of sp³-hybridized carbons (Fsp3) is 0.167. The van der Waals surface area contributed by atoms with Crippen molar-refractivity contribution in [3.63, 3.8) is 0 Å². The van der Waals surface area contributed by atoms with Gasteiger partial charge < -0.3 is 9.78 Å². The number of benzene rings is 1. The molecular weight excluding hydrogens is 190 g/mol. The zero-order chi connectivity index (χ0) is 10.7. The van der Waals surface area contributed by atoms with Gasteiger partial charge in [-0.05, 0) is 6.07 Å². The molecule has 0 aliphatic heterocycles. The highest BCUT2D eigenvalue weighted by atomic mass is 16.1. The largest absolute Gasteiger partial charge is 0.360 e. The van der Waals surface area contributed by atoms with Crippen LogP contribution in [0.5, 0.6) is 0 Å². The molecule has 1 heterocycles. The number of aromatic nitrogens is 1. The minimum Gasteiger partial charge on any atom is -0.360 e. The Morgan fingerprint density at radius 2 is 2.13 bits per heavy atom. The van der Waals surface area contributed by atoms with Crippen molar-refractivity contribution >= 4 is 23.0 Å². The van der Waals surface area contributed by atoms with Gasteiger partial charge in [0.15, 0.2) is 5.78 Å². The molecule has 1 N–H and O–H groups in total. The number of ketones is 1. The van der Waals surface area contributed by atoms with Gasteiger partial charge in [0.25, 0.3) is 0 Å². The lowest BCUT2D eigenvalue weighted by molar-refractivity contribution is -0.107. The molecular formula is C12H11NO2. The molecule has 0 unspecified atom stereocenters. The first kappa shape index (κ1) is 9.65. The first-order valence-electron chi connectivity index (χ1n) is 4.86. The first-order chi connectivity index (χ1) is 7.33. The molecule has 0 amide bonds. The molecule has 0 saturated heterocycles. The standard InChI is InChI=1S/C12H11NO2/c14-7-3-6-12(15)10-8-13-11-5-2-1-4-9(10)11/h1-2,4-5,7-8,13H,3,6H2. The Kier molecular flexibility index (Phi) is 2.63. The van der Waals surface area contributed by atoms with Gasteiger partial charge in [-0.25, -0.2) is 0 Å². The van der Waals surface area contributed by atoms with Gasteiger partial charge in [0.05, 0.1) is 0 Å². The summed E-state index contributed by atoms with van der Waals surface area (Å²) in [6.45, 7) is 0. The lowest BCUT2D eigenvalue weighted by Crippen LogP contribution is -1.97. The van der Waals surface area contributed by atoms with Crippen LogP contribution in [0.25, 0.3) is 10.9 Å². The number of para-hydroxylation sites is 1. The second-order valence-corrected chi connectivity index (χ2v) is 3.38. The quantitative estimate of drug-likeness (QED) is 0.609. The molecule has 2 rings (SSSR count). The number of hydrogen-bond donors (Lipinski definition) is 1. The summed E-state index contributed by atoms with van der Waals surface area (Å²) < 4.78 is 0. The third-order valence-corrected chi connectivity index (χ3v) is 2.38. The van der Waals surface area contributed by atoms with E-state index in [1.807, 2.05) is 24.3 Å². The minimum atomic E-state index is 0.0135. The van der Waals surface area contributed by atoms with Gasteiger partial charge in [-0.1, -0.05) is 18.2 Å². The first-order valence-corrected chi connectivity index (χ1v) is 4.86. The lowest BCUT2D eigenvalue weighted by atomic mass is 10.1. The second-order valence-electron chi connectivity index (χ2n) is 3.38. The molecule has 0 saturated carbocycles. The Labute approximate surface area is 87.1 Å². The summed E-state index contributed by atoms with van der Waals surface area (Å²) in [7, 11) is 0. The molecule has 3 nitrogen and oxygen atoms in total. The predicted octanol–water partition coefficient (Wildman–Crippen LogP) is 2.33. The zero-order valence-electron chi connectivity index (χ0n) is 8.19. The average Bonchev–Trinajstić information content (AvgIpc) is 2.69. The van der Waals surface area contributed by atoms with Gasteiger partial charge in [0.1, 0.15) is 6.29 Å². The van der Waals surface area contributed by atoms with Crippen molar-refractivity contribution < 1.29 is 9.59 Å². The summed E-state index contributed by atoms with van der Waals surface area (Å²) in [5, 5.41) is 0.924. The van der Waals surface area contributed by atoms with Gasteiger partial charge in [-0.3, -0.25) is 4.79 Å². The number of aldehydes is 1. The molecule has 0 fully saturated rings. The lowest BCUT2D eigenvalue weighted by Gasteiger charge is -1.95. The normalized spacial score (nSPS) is 10.4. The summed E-state index contributed by atoms with van der Waals surface area (Å²) in [5.74, 6) is 0.0135. The Hall–Kier alpha value is -1.90. The van der Waals surface area contributed by atoms with Crippen LogP contribution in [0.3, 0.4) is 0 Å². The van der Waals surface area contributed by atoms with E-state index in [4.69, 9.17) is 0 Å². The summed E-state index contributed by atoms with van der Waals surface area (Å²) >= 11 is 0. The van der Waals surface area contributed by atoms with E-state index < -0.39 is 0 Å². The SMILES string of the molecule is O=CCCC(=O)c1c[nH]c2ccccc12. The van der Waals surface area contributed by atoms with E-state index in [1.165, 1.54) is 0 Å². The minimum absolute atomic E-state index is 0.0135. The van der Waals surface area contributed by atoms with Crippen molar-refractivity contribution in [3.05, 3.63) is 36.0 Å². The molecule has 1 aromatic carbocycles.